The molecule has 2 heteroatoms. The molecular formula is C15H26N2. The fourth-order valence-corrected chi connectivity index (χ4v) is 2.25. The molecule has 0 spiro atoms. The Kier molecular flexibility index (Phi) is 8.53. The number of nitrogens with zero attached hydrogens (tertiary/aromatic N) is 2. The Bertz CT molecular complexity index is 237. The zero-order valence-electron chi connectivity index (χ0n) is 11.0. The summed E-state index contributed by atoms with van der Waals surface area (Å²) in [5.41, 5.74) is 0. The van der Waals surface area contributed by atoms with E-state index in [0.29, 0.717) is 6.04 Å². The molecule has 0 unspecified atom stereocenters. The third kappa shape index (κ3) is 7.89. The minimum Gasteiger partial charge on any atom is -0.294 e. The summed E-state index contributed by atoms with van der Waals surface area (Å²) >= 11 is 0. The summed E-state index contributed by atoms with van der Waals surface area (Å²) in [7, 11) is 0. The molecule has 96 valence electrons. The molecule has 1 saturated carbocycles. The molecule has 2 nitrogen and oxygen atoms in total. The van der Waals surface area contributed by atoms with Crippen molar-refractivity contribution in [2.45, 2.75) is 70.3 Å². The van der Waals surface area contributed by atoms with Gasteiger partial charge in [0, 0.05) is 18.5 Å². The number of rotatable bonds is 8. The Morgan fingerprint density at radius 2 is 1.65 bits per heavy atom. The molecule has 0 atom stereocenters. The molecule has 1 fully saturated rings. The van der Waals surface area contributed by atoms with Gasteiger partial charge in [0.2, 0.25) is 0 Å². The molecule has 1 rings (SSSR count). The van der Waals surface area contributed by atoms with Gasteiger partial charge in [-0.2, -0.15) is 0 Å². The van der Waals surface area contributed by atoms with Gasteiger partial charge in [0.25, 0.3) is 0 Å². The summed E-state index contributed by atoms with van der Waals surface area (Å²) < 4.78 is 0. The first-order valence-electron chi connectivity index (χ1n) is 7.07. The van der Waals surface area contributed by atoms with Gasteiger partial charge >= 0.3 is 0 Å². The summed E-state index contributed by atoms with van der Waals surface area (Å²) in [5.74, 6) is 0. The van der Waals surface area contributed by atoms with E-state index in [9.17, 15) is 0 Å². The van der Waals surface area contributed by atoms with E-state index in [1.807, 2.05) is 6.21 Å². The predicted molar refractivity (Wildman–Crippen MR) is 77.1 cm³/mol. The molecule has 17 heavy (non-hydrogen) atoms. The van der Waals surface area contributed by atoms with Gasteiger partial charge in [-0.05, 0) is 44.7 Å². The summed E-state index contributed by atoms with van der Waals surface area (Å²) in [6.45, 7) is 3.55. The van der Waals surface area contributed by atoms with Crippen LogP contribution in [0.25, 0.3) is 0 Å². The third-order valence-corrected chi connectivity index (χ3v) is 3.27. The van der Waals surface area contributed by atoms with Crippen molar-refractivity contribution in [2.75, 3.05) is 0 Å². The predicted octanol–water partition coefficient (Wildman–Crippen LogP) is 4.55. The van der Waals surface area contributed by atoms with E-state index in [-0.39, 0.29) is 0 Å². The van der Waals surface area contributed by atoms with Crippen LogP contribution in [0.4, 0.5) is 0 Å². The first-order chi connectivity index (χ1) is 8.43. The van der Waals surface area contributed by atoms with Crippen molar-refractivity contribution in [2.24, 2.45) is 9.98 Å². The number of hydrogen-bond acceptors (Lipinski definition) is 2. The van der Waals surface area contributed by atoms with Gasteiger partial charge in [0.15, 0.2) is 0 Å². The molecule has 0 heterocycles. The van der Waals surface area contributed by atoms with Crippen LogP contribution < -0.4 is 0 Å². The summed E-state index contributed by atoms with van der Waals surface area (Å²) in [6, 6.07) is 0.642. The van der Waals surface area contributed by atoms with Crippen LogP contribution in [0.5, 0.6) is 0 Å². The largest absolute Gasteiger partial charge is 0.294 e. The second-order valence-electron chi connectivity index (χ2n) is 4.78. The van der Waals surface area contributed by atoms with Crippen molar-refractivity contribution in [3.8, 4) is 0 Å². The lowest BCUT2D eigenvalue weighted by Crippen LogP contribution is -2.09. The van der Waals surface area contributed by atoms with E-state index in [2.05, 4.69) is 22.8 Å². The van der Waals surface area contributed by atoms with E-state index in [1.54, 1.807) is 6.20 Å². The second kappa shape index (κ2) is 10.2. The van der Waals surface area contributed by atoms with E-state index in [1.165, 1.54) is 51.4 Å². The average molecular weight is 234 g/mol. The van der Waals surface area contributed by atoms with Gasteiger partial charge in [-0.25, -0.2) is 0 Å². The molecule has 0 N–H and O–H groups in total. The van der Waals surface area contributed by atoms with Crippen LogP contribution in [0.2, 0.25) is 0 Å². The highest BCUT2D eigenvalue weighted by Gasteiger charge is 2.10. The van der Waals surface area contributed by atoms with E-state index in [4.69, 9.17) is 0 Å². The fourth-order valence-electron chi connectivity index (χ4n) is 2.25. The van der Waals surface area contributed by atoms with Gasteiger partial charge in [-0.1, -0.05) is 32.3 Å². The Morgan fingerprint density at radius 3 is 2.35 bits per heavy atom. The van der Waals surface area contributed by atoms with Crippen molar-refractivity contribution in [1.29, 1.82) is 0 Å². The normalized spacial score (nSPS) is 18.1. The average Bonchev–Trinajstić information content (AvgIpc) is 2.38. The smallest absolute Gasteiger partial charge is 0.0495 e. The molecule has 0 aliphatic heterocycles. The lowest BCUT2D eigenvalue weighted by atomic mass is 9.96. The first-order valence-corrected chi connectivity index (χ1v) is 7.07. The van der Waals surface area contributed by atoms with E-state index < -0.39 is 0 Å². The van der Waals surface area contributed by atoms with Crippen molar-refractivity contribution in [3.05, 3.63) is 12.8 Å². The minimum absolute atomic E-state index is 0.642. The molecule has 0 amide bonds. The summed E-state index contributed by atoms with van der Waals surface area (Å²) in [6.07, 6.45) is 18.5. The fraction of sp³-hybridized carbons (Fsp3) is 0.733. The number of aliphatic imine (C=N–C) groups is 2. The molecule has 1 aliphatic carbocycles. The van der Waals surface area contributed by atoms with Crippen LogP contribution in [0.1, 0.15) is 64.2 Å². The van der Waals surface area contributed by atoms with Crippen molar-refractivity contribution in [1.82, 2.24) is 0 Å². The molecule has 0 aromatic heterocycles. The lowest BCUT2D eigenvalue weighted by Gasteiger charge is -2.16. The molecule has 0 aromatic rings. The highest BCUT2D eigenvalue weighted by molar-refractivity contribution is 5.58. The standard InChI is InChI=1S/C15H26N2/c1-2-16-13-9-4-3-5-10-14-17-15-11-7-6-8-12-15/h2,13-15H,1,3-12H2/b16-13+,17-14+. The zero-order valence-corrected chi connectivity index (χ0v) is 11.0. The van der Waals surface area contributed by atoms with Gasteiger partial charge in [0.05, 0.1) is 0 Å². The highest BCUT2D eigenvalue weighted by Crippen LogP contribution is 2.19. The van der Waals surface area contributed by atoms with Crippen LogP contribution >= 0.6 is 0 Å². The van der Waals surface area contributed by atoms with Crippen LogP contribution in [-0.4, -0.2) is 18.5 Å². The molecule has 0 radical (unpaired) electrons. The van der Waals surface area contributed by atoms with Gasteiger partial charge in [-0.3, -0.25) is 9.98 Å². The van der Waals surface area contributed by atoms with Crippen molar-refractivity contribution >= 4 is 12.4 Å². The Labute approximate surface area is 106 Å². The van der Waals surface area contributed by atoms with Gasteiger partial charge in [0.1, 0.15) is 0 Å². The molecular weight excluding hydrogens is 208 g/mol. The maximum atomic E-state index is 4.67. The summed E-state index contributed by atoms with van der Waals surface area (Å²) in [5, 5.41) is 0. The Balaban J connectivity index is 1.90. The van der Waals surface area contributed by atoms with Gasteiger partial charge in [-0.15, -0.1) is 0 Å². The summed E-state index contributed by atoms with van der Waals surface area (Å²) in [4.78, 5) is 8.65. The maximum absolute atomic E-state index is 4.67. The maximum Gasteiger partial charge on any atom is 0.0495 e. The Morgan fingerprint density at radius 1 is 0.941 bits per heavy atom. The molecule has 0 aromatic carbocycles. The van der Waals surface area contributed by atoms with Gasteiger partial charge < -0.3 is 0 Å². The minimum atomic E-state index is 0.642. The first kappa shape index (κ1) is 14.1. The number of hydrogen-bond donors (Lipinski definition) is 0. The monoisotopic (exact) mass is 234 g/mol. The molecule has 1 aliphatic rings. The lowest BCUT2D eigenvalue weighted by molar-refractivity contribution is 0.444. The van der Waals surface area contributed by atoms with Crippen molar-refractivity contribution < 1.29 is 0 Å². The van der Waals surface area contributed by atoms with Crippen LogP contribution in [-0.2, 0) is 0 Å². The third-order valence-electron chi connectivity index (χ3n) is 3.27. The van der Waals surface area contributed by atoms with Crippen LogP contribution in [0, 0.1) is 0 Å². The number of unbranched alkanes of at least 4 members (excludes halogenated alkanes) is 4. The quantitative estimate of drug-likeness (QED) is 0.434. The SMILES string of the molecule is C=C/N=C/CCCCC/C=N/C1CCCCC1. The highest BCUT2D eigenvalue weighted by atomic mass is 14.8. The van der Waals surface area contributed by atoms with E-state index >= 15 is 0 Å². The van der Waals surface area contributed by atoms with Crippen molar-refractivity contribution in [3.63, 3.8) is 0 Å². The van der Waals surface area contributed by atoms with E-state index in [0.717, 1.165) is 12.8 Å². The molecule has 0 bridgehead atoms. The zero-order chi connectivity index (χ0) is 12.2. The molecule has 0 saturated heterocycles. The second-order valence-corrected chi connectivity index (χ2v) is 4.78. The van der Waals surface area contributed by atoms with Crippen LogP contribution in [0.15, 0.2) is 22.8 Å². The Hall–Kier alpha value is -0.920. The van der Waals surface area contributed by atoms with Crippen LogP contribution in [0.3, 0.4) is 0 Å². The topological polar surface area (TPSA) is 24.7 Å².